The normalized spacial score (nSPS) is 11.0. The van der Waals surface area contributed by atoms with Crippen molar-refractivity contribution in [3.8, 4) is 39.5 Å². The molecule has 3 aromatic rings. The summed E-state index contributed by atoms with van der Waals surface area (Å²) in [6, 6.07) is 20.5. The van der Waals surface area contributed by atoms with Crippen molar-refractivity contribution in [3.05, 3.63) is 91.0 Å². The van der Waals surface area contributed by atoms with Crippen LogP contribution in [0.1, 0.15) is 13.8 Å². The fraction of sp³-hybridized carbons (Fsp3) is 0.111. The van der Waals surface area contributed by atoms with Crippen LogP contribution in [0.2, 0.25) is 0 Å². The number of hydrogen-bond acceptors (Lipinski definition) is 5. The maximum absolute atomic E-state index is 11.6. The van der Waals surface area contributed by atoms with Crippen LogP contribution < -0.4 is 14.2 Å². The first kappa shape index (κ1) is 22.6. The zero-order valence-corrected chi connectivity index (χ0v) is 18.2. The second kappa shape index (κ2) is 10.8. The Balaban J connectivity index is 1.80. The first-order valence-electron chi connectivity index (χ1n) is 10.1. The third-order valence-corrected chi connectivity index (χ3v) is 4.60. The molecule has 5 nitrogen and oxygen atoms in total. The van der Waals surface area contributed by atoms with E-state index in [0.29, 0.717) is 17.2 Å². The first-order valence-corrected chi connectivity index (χ1v) is 10.1. The average molecular weight is 428 g/mol. The van der Waals surface area contributed by atoms with E-state index in [-0.39, 0.29) is 0 Å². The Labute approximate surface area is 187 Å². The number of carbonyl (C=O) groups is 2. The Bertz CT molecular complexity index is 1140. The number of rotatable bonds is 7. The molecular formula is C27H24O5. The zero-order valence-electron chi connectivity index (χ0n) is 18.2. The van der Waals surface area contributed by atoms with Crippen molar-refractivity contribution in [2.75, 3.05) is 7.11 Å². The summed E-state index contributed by atoms with van der Waals surface area (Å²) in [5.41, 5.74) is 3.78. The van der Waals surface area contributed by atoms with Gasteiger partial charge in [-0.15, -0.1) is 0 Å². The summed E-state index contributed by atoms with van der Waals surface area (Å²) in [6.07, 6.45) is 6.01. The van der Waals surface area contributed by atoms with Gasteiger partial charge in [0.25, 0.3) is 0 Å². The van der Waals surface area contributed by atoms with Crippen molar-refractivity contribution < 1.29 is 23.8 Å². The van der Waals surface area contributed by atoms with Crippen LogP contribution in [-0.2, 0) is 9.59 Å². The lowest BCUT2D eigenvalue weighted by Crippen LogP contribution is -2.03. The van der Waals surface area contributed by atoms with Crippen LogP contribution in [0.3, 0.4) is 0 Å². The molecule has 32 heavy (non-hydrogen) atoms. The molecule has 0 bridgehead atoms. The molecule has 0 aromatic heterocycles. The minimum absolute atomic E-state index is 0.408. The number of allylic oxidation sites excluding steroid dienone is 2. The fourth-order valence-electron chi connectivity index (χ4n) is 3.10. The minimum atomic E-state index is -0.412. The third kappa shape index (κ3) is 5.73. The summed E-state index contributed by atoms with van der Waals surface area (Å²) < 4.78 is 16.1. The van der Waals surface area contributed by atoms with Crippen LogP contribution in [0.5, 0.6) is 17.2 Å². The molecule has 0 saturated heterocycles. The summed E-state index contributed by atoms with van der Waals surface area (Å²) in [5.74, 6) is 0.849. The molecule has 162 valence electrons. The van der Waals surface area contributed by atoms with Gasteiger partial charge in [0.15, 0.2) is 0 Å². The Morgan fingerprint density at radius 2 is 1.12 bits per heavy atom. The van der Waals surface area contributed by atoms with E-state index in [4.69, 9.17) is 14.2 Å². The molecule has 0 aliphatic rings. The van der Waals surface area contributed by atoms with E-state index in [1.54, 1.807) is 57.4 Å². The number of ether oxygens (including phenoxy) is 3. The molecule has 0 spiro atoms. The predicted octanol–water partition coefficient (Wildman–Crippen LogP) is 5.99. The largest absolute Gasteiger partial charge is 0.496 e. The van der Waals surface area contributed by atoms with Crippen molar-refractivity contribution in [1.82, 2.24) is 0 Å². The van der Waals surface area contributed by atoms with Crippen LogP contribution in [0.15, 0.2) is 91.0 Å². The first-order chi connectivity index (χ1) is 15.5. The summed E-state index contributed by atoms with van der Waals surface area (Å²) in [4.78, 5) is 23.2. The van der Waals surface area contributed by atoms with Gasteiger partial charge in [-0.3, -0.25) is 0 Å². The molecule has 0 aliphatic heterocycles. The number of benzene rings is 3. The van der Waals surface area contributed by atoms with Gasteiger partial charge in [0.2, 0.25) is 0 Å². The molecule has 3 rings (SSSR count). The fourth-order valence-corrected chi connectivity index (χ4v) is 3.10. The predicted molar refractivity (Wildman–Crippen MR) is 125 cm³/mol. The smallest absolute Gasteiger partial charge is 0.335 e. The van der Waals surface area contributed by atoms with Gasteiger partial charge < -0.3 is 14.2 Å². The van der Waals surface area contributed by atoms with E-state index < -0.39 is 11.9 Å². The van der Waals surface area contributed by atoms with Gasteiger partial charge >= 0.3 is 11.9 Å². The second-order valence-electron chi connectivity index (χ2n) is 6.81. The second-order valence-corrected chi connectivity index (χ2v) is 6.81. The molecule has 0 aliphatic carbocycles. The number of hydrogen-bond donors (Lipinski definition) is 0. The van der Waals surface area contributed by atoms with Gasteiger partial charge in [-0.2, -0.15) is 0 Å². The molecule has 0 radical (unpaired) electrons. The molecular weight excluding hydrogens is 404 g/mol. The quantitative estimate of drug-likeness (QED) is 0.263. The van der Waals surface area contributed by atoms with Gasteiger partial charge in [-0.05, 0) is 60.9 Å². The topological polar surface area (TPSA) is 61.8 Å². The lowest BCUT2D eigenvalue weighted by Gasteiger charge is -2.12. The van der Waals surface area contributed by atoms with E-state index >= 15 is 0 Å². The van der Waals surface area contributed by atoms with E-state index in [0.717, 1.165) is 22.3 Å². The van der Waals surface area contributed by atoms with Crippen molar-refractivity contribution in [3.63, 3.8) is 0 Å². The molecule has 0 atom stereocenters. The molecule has 0 heterocycles. The zero-order chi connectivity index (χ0) is 22.9. The van der Waals surface area contributed by atoms with E-state index in [9.17, 15) is 9.59 Å². The van der Waals surface area contributed by atoms with Crippen LogP contribution in [-0.4, -0.2) is 19.0 Å². The molecule has 0 fully saturated rings. The van der Waals surface area contributed by atoms with Crippen molar-refractivity contribution in [2.24, 2.45) is 0 Å². The highest BCUT2D eigenvalue weighted by atomic mass is 16.5. The minimum Gasteiger partial charge on any atom is -0.496 e. The lowest BCUT2D eigenvalue weighted by molar-refractivity contribution is -0.129. The van der Waals surface area contributed by atoms with Gasteiger partial charge in [0.05, 0.1) is 7.11 Å². The molecule has 0 amide bonds. The Hall–Kier alpha value is -4.12. The van der Waals surface area contributed by atoms with E-state index in [2.05, 4.69) is 0 Å². The highest BCUT2D eigenvalue weighted by Gasteiger charge is 2.10. The number of esters is 2. The summed E-state index contributed by atoms with van der Waals surface area (Å²) in [7, 11) is 1.62. The van der Waals surface area contributed by atoms with Crippen LogP contribution in [0.25, 0.3) is 22.3 Å². The van der Waals surface area contributed by atoms with E-state index in [1.165, 1.54) is 12.2 Å². The third-order valence-electron chi connectivity index (χ3n) is 4.60. The summed E-state index contributed by atoms with van der Waals surface area (Å²) in [6.45, 7) is 3.52. The van der Waals surface area contributed by atoms with Crippen molar-refractivity contribution in [2.45, 2.75) is 13.8 Å². The molecule has 0 N–H and O–H groups in total. The summed E-state index contributed by atoms with van der Waals surface area (Å²) >= 11 is 0. The Morgan fingerprint density at radius 1 is 0.656 bits per heavy atom. The SMILES string of the molecule is C/C=C/C(=O)Oc1ccc(-c2ccc(-c3ccc(OC(=O)/C=C/C)cc3)c(OC)c2)cc1. The van der Waals surface area contributed by atoms with E-state index in [1.807, 2.05) is 42.5 Å². The van der Waals surface area contributed by atoms with Crippen molar-refractivity contribution in [1.29, 1.82) is 0 Å². The van der Waals surface area contributed by atoms with Crippen LogP contribution in [0, 0.1) is 0 Å². The molecule has 0 unspecified atom stereocenters. The maximum atomic E-state index is 11.6. The Kier molecular flexibility index (Phi) is 7.60. The molecule has 5 heteroatoms. The monoisotopic (exact) mass is 428 g/mol. The maximum Gasteiger partial charge on any atom is 0.335 e. The van der Waals surface area contributed by atoms with Gasteiger partial charge in [0, 0.05) is 17.7 Å². The van der Waals surface area contributed by atoms with Gasteiger partial charge in [-0.25, -0.2) is 9.59 Å². The average Bonchev–Trinajstić information content (AvgIpc) is 2.80. The summed E-state index contributed by atoms with van der Waals surface area (Å²) in [5, 5.41) is 0. The van der Waals surface area contributed by atoms with Crippen LogP contribution in [0.4, 0.5) is 0 Å². The molecule has 3 aromatic carbocycles. The van der Waals surface area contributed by atoms with Crippen LogP contribution >= 0.6 is 0 Å². The van der Waals surface area contributed by atoms with Crippen molar-refractivity contribution >= 4 is 11.9 Å². The highest BCUT2D eigenvalue weighted by molar-refractivity contribution is 5.85. The van der Waals surface area contributed by atoms with Gasteiger partial charge in [-0.1, -0.05) is 48.6 Å². The van der Waals surface area contributed by atoms with Gasteiger partial charge in [0.1, 0.15) is 17.2 Å². The highest BCUT2D eigenvalue weighted by Crippen LogP contribution is 2.35. The lowest BCUT2D eigenvalue weighted by atomic mass is 9.99. The number of methoxy groups -OCH3 is 1. The number of carbonyl (C=O) groups excluding carboxylic acids is 2. The standard InChI is InChI=1S/C27H24O5/c1-4-6-26(28)31-22-13-8-19(9-14-22)21-12-17-24(25(18-21)30-3)20-10-15-23(16-11-20)32-27(29)7-5-2/h4-18H,1-3H3/b6-4+,7-5+. The Morgan fingerprint density at radius 3 is 1.59 bits per heavy atom. The molecule has 0 saturated carbocycles.